The molecule has 0 bridgehead atoms. The van der Waals surface area contributed by atoms with Gasteiger partial charge in [0, 0.05) is 12.6 Å². The van der Waals surface area contributed by atoms with Crippen LogP contribution in [0.25, 0.3) is 0 Å². The van der Waals surface area contributed by atoms with E-state index in [1.807, 2.05) is 0 Å². The third kappa shape index (κ3) is 4.32. The van der Waals surface area contributed by atoms with Crippen molar-refractivity contribution in [3.8, 4) is 0 Å². The summed E-state index contributed by atoms with van der Waals surface area (Å²) < 4.78 is 0. The van der Waals surface area contributed by atoms with Crippen LogP contribution in [0.2, 0.25) is 0 Å². The molecule has 1 atom stereocenters. The highest BCUT2D eigenvalue weighted by atomic mass is 16.3. The van der Waals surface area contributed by atoms with E-state index in [0.29, 0.717) is 17.9 Å². The Morgan fingerprint density at radius 3 is 2.42 bits per heavy atom. The monoisotopic (exact) mass is 261 g/mol. The molecular weight excluding hydrogens is 234 g/mol. The van der Waals surface area contributed by atoms with Crippen LogP contribution in [0.5, 0.6) is 0 Å². The smallest absolute Gasteiger partial charge is 0.0667 e. The predicted molar refractivity (Wildman–Crippen MR) is 80.4 cm³/mol. The number of nitrogens with one attached hydrogen (secondary N) is 1. The first-order valence-corrected chi connectivity index (χ1v) is 7.52. The van der Waals surface area contributed by atoms with Gasteiger partial charge in [-0.3, -0.25) is 0 Å². The van der Waals surface area contributed by atoms with Gasteiger partial charge in [-0.1, -0.05) is 43.7 Å². The van der Waals surface area contributed by atoms with Crippen molar-refractivity contribution in [3.63, 3.8) is 0 Å². The number of aliphatic hydroxyl groups is 1. The van der Waals surface area contributed by atoms with Crippen LogP contribution < -0.4 is 5.32 Å². The molecule has 1 fully saturated rings. The minimum absolute atomic E-state index is 0.196. The summed E-state index contributed by atoms with van der Waals surface area (Å²) in [5, 5.41) is 13.3. The zero-order chi connectivity index (χ0) is 13.8. The Kier molecular flexibility index (Phi) is 5.00. The summed E-state index contributed by atoms with van der Waals surface area (Å²) in [5.74, 6) is 1.28. The van der Waals surface area contributed by atoms with Crippen molar-refractivity contribution in [2.75, 3.05) is 6.54 Å². The minimum Gasteiger partial charge on any atom is -0.392 e. The largest absolute Gasteiger partial charge is 0.392 e. The molecule has 1 aliphatic carbocycles. The maximum absolute atomic E-state index is 9.84. The number of rotatable bonds is 6. The van der Waals surface area contributed by atoms with Crippen LogP contribution in [-0.4, -0.2) is 23.8 Å². The maximum atomic E-state index is 9.84. The molecule has 19 heavy (non-hydrogen) atoms. The van der Waals surface area contributed by atoms with Crippen LogP contribution in [-0.2, 0) is 0 Å². The lowest BCUT2D eigenvalue weighted by Crippen LogP contribution is -2.43. The van der Waals surface area contributed by atoms with Gasteiger partial charge in [0.15, 0.2) is 0 Å². The highest BCUT2D eigenvalue weighted by molar-refractivity contribution is 5.26. The highest BCUT2D eigenvalue weighted by Gasteiger charge is 2.30. The fourth-order valence-electron chi connectivity index (χ4n) is 2.83. The molecular formula is C17H27NO. The van der Waals surface area contributed by atoms with Gasteiger partial charge in [0.1, 0.15) is 0 Å². The van der Waals surface area contributed by atoms with E-state index in [4.69, 9.17) is 0 Å². The highest BCUT2D eigenvalue weighted by Crippen LogP contribution is 2.36. The minimum atomic E-state index is -0.196. The molecule has 1 aromatic carbocycles. The average molecular weight is 261 g/mol. The standard InChI is InChI=1S/C17H27NO/c1-12(2)8-17(19)11-18-16-9-15(10-16)14-6-4-13(3)5-7-14/h4-7,12,15-19H,8-11H2,1-3H3. The van der Waals surface area contributed by atoms with Crippen molar-refractivity contribution in [1.29, 1.82) is 0 Å². The molecule has 2 N–H and O–H groups in total. The van der Waals surface area contributed by atoms with E-state index in [9.17, 15) is 5.11 Å². The molecule has 0 heterocycles. The van der Waals surface area contributed by atoms with Gasteiger partial charge >= 0.3 is 0 Å². The molecule has 106 valence electrons. The lowest BCUT2D eigenvalue weighted by Gasteiger charge is -2.37. The summed E-state index contributed by atoms with van der Waals surface area (Å²) in [6.45, 7) is 7.18. The van der Waals surface area contributed by atoms with Crippen molar-refractivity contribution in [2.45, 2.75) is 58.1 Å². The van der Waals surface area contributed by atoms with Crippen molar-refractivity contribution in [3.05, 3.63) is 35.4 Å². The van der Waals surface area contributed by atoms with Gasteiger partial charge in [-0.15, -0.1) is 0 Å². The quantitative estimate of drug-likeness (QED) is 0.824. The Bertz CT molecular complexity index is 379. The molecule has 1 aliphatic rings. The molecule has 0 amide bonds. The van der Waals surface area contributed by atoms with Crippen LogP contribution in [0.4, 0.5) is 0 Å². The van der Waals surface area contributed by atoms with E-state index >= 15 is 0 Å². The van der Waals surface area contributed by atoms with Crippen molar-refractivity contribution in [1.82, 2.24) is 5.32 Å². The zero-order valence-corrected chi connectivity index (χ0v) is 12.4. The van der Waals surface area contributed by atoms with Crippen LogP contribution >= 0.6 is 0 Å². The molecule has 0 radical (unpaired) electrons. The van der Waals surface area contributed by atoms with Gasteiger partial charge in [-0.05, 0) is 43.6 Å². The molecule has 0 aliphatic heterocycles. The predicted octanol–water partition coefficient (Wildman–Crippen LogP) is 3.24. The Hall–Kier alpha value is -0.860. The topological polar surface area (TPSA) is 32.3 Å². The van der Waals surface area contributed by atoms with E-state index in [2.05, 4.69) is 50.4 Å². The summed E-state index contributed by atoms with van der Waals surface area (Å²) in [7, 11) is 0. The third-order valence-electron chi connectivity index (χ3n) is 4.07. The Morgan fingerprint density at radius 2 is 1.84 bits per heavy atom. The van der Waals surface area contributed by atoms with Crippen molar-refractivity contribution < 1.29 is 5.11 Å². The second-order valence-electron chi connectivity index (χ2n) is 6.47. The summed E-state index contributed by atoms with van der Waals surface area (Å²) in [6.07, 6.45) is 3.11. The molecule has 1 unspecified atom stereocenters. The maximum Gasteiger partial charge on any atom is 0.0667 e. The molecule has 2 nitrogen and oxygen atoms in total. The number of aryl methyl sites for hydroxylation is 1. The van der Waals surface area contributed by atoms with Gasteiger partial charge in [0.2, 0.25) is 0 Å². The molecule has 1 aromatic rings. The number of aliphatic hydroxyl groups excluding tert-OH is 1. The molecule has 2 rings (SSSR count). The summed E-state index contributed by atoms with van der Waals surface area (Å²) >= 11 is 0. The molecule has 0 spiro atoms. The first-order chi connectivity index (χ1) is 9.04. The van der Waals surface area contributed by atoms with Gasteiger partial charge in [-0.25, -0.2) is 0 Å². The van der Waals surface area contributed by atoms with E-state index in [-0.39, 0.29) is 6.10 Å². The van der Waals surface area contributed by atoms with Crippen molar-refractivity contribution in [2.24, 2.45) is 5.92 Å². The summed E-state index contributed by atoms with van der Waals surface area (Å²) in [6, 6.07) is 9.49. The third-order valence-corrected chi connectivity index (χ3v) is 4.07. The Labute approximate surface area is 117 Å². The first kappa shape index (κ1) is 14.5. The zero-order valence-electron chi connectivity index (χ0n) is 12.4. The van der Waals surface area contributed by atoms with Gasteiger partial charge < -0.3 is 10.4 Å². The Morgan fingerprint density at radius 1 is 1.21 bits per heavy atom. The van der Waals surface area contributed by atoms with Crippen LogP contribution in [0.1, 0.15) is 50.2 Å². The molecule has 0 aromatic heterocycles. The summed E-state index contributed by atoms with van der Waals surface area (Å²) in [4.78, 5) is 0. The first-order valence-electron chi connectivity index (χ1n) is 7.52. The van der Waals surface area contributed by atoms with E-state index in [1.54, 1.807) is 0 Å². The molecule has 1 saturated carbocycles. The second kappa shape index (κ2) is 6.53. The number of benzene rings is 1. The SMILES string of the molecule is Cc1ccc(C2CC(NCC(O)CC(C)C)C2)cc1. The van der Waals surface area contributed by atoms with Crippen LogP contribution in [0, 0.1) is 12.8 Å². The lowest BCUT2D eigenvalue weighted by molar-refractivity contribution is 0.133. The molecule has 0 saturated heterocycles. The van der Waals surface area contributed by atoms with E-state index in [0.717, 1.165) is 13.0 Å². The number of hydrogen-bond acceptors (Lipinski definition) is 2. The Balaban J connectivity index is 1.67. The summed E-state index contributed by atoms with van der Waals surface area (Å²) in [5.41, 5.74) is 2.79. The van der Waals surface area contributed by atoms with Gasteiger partial charge in [0.25, 0.3) is 0 Å². The van der Waals surface area contributed by atoms with Crippen LogP contribution in [0.15, 0.2) is 24.3 Å². The normalized spacial score (nSPS) is 24.3. The lowest BCUT2D eigenvalue weighted by atomic mass is 9.75. The van der Waals surface area contributed by atoms with E-state index in [1.165, 1.54) is 24.0 Å². The fourth-order valence-corrected chi connectivity index (χ4v) is 2.83. The van der Waals surface area contributed by atoms with Gasteiger partial charge in [0.05, 0.1) is 6.10 Å². The van der Waals surface area contributed by atoms with Crippen LogP contribution in [0.3, 0.4) is 0 Å². The van der Waals surface area contributed by atoms with Crippen molar-refractivity contribution >= 4 is 0 Å². The molecule has 2 heteroatoms. The number of hydrogen-bond donors (Lipinski definition) is 2. The second-order valence-corrected chi connectivity index (χ2v) is 6.47. The van der Waals surface area contributed by atoms with Gasteiger partial charge in [-0.2, -0.15) is 0 Å². The average Bonchev–Trinajstić information content (AvgIpc) is 2.28. The fraction of sp³-hybridized carbons (Fsp3) is 0.647. The van der Waals surface area contributed by atoms with E-state index < -0.39 is 0 Å².